The van der Waals surface area contributed by atoms with Crippen LogP contribution >= 0.6 is 0 Å². The molecule has 2 amide bonds. The van der Waals surface area contributed by atoms with Gasteiger partial charge in [-0.2, -0.15) is 0 Å². The fraction of sp³-hybridized carbons (Fsp3) is 0.357. The van der Waals surface area contributed by atoms with Crippen LogP contribution in [0, 0.1) is 6.92 Å². The molecule has 2 aromatic carbocycles. The fourth-order valence-electron chi connectivity index (χ4n) is 4.73. The van der Waals surface area contributed by atoms with E-state index in [2.05, 4.69) is 52.8 Å². The maximum absolute atomic E-state index is 12.6. The van der Waals surface area contributed by atoms with Crippen LogP contribution in [0.5, 0.6) is 0 Å². The smallest absolute Gasteiger partial charge is 0.228 e. The average Bonchev–Trinajstić information content (AvgIpc) is 3.18. The Morgan fingerprint density at radius 1 is 1.12 bits per heavy atom. The van der Waals surface area contributed by atoms with E-state index in [0.29, 0.717) is 12.1 Å². The summed E-state index contributed by atoms with van der Waals surface area (Å²) in [4.78, 5) is 26.8. The number of allylic oxidation sites excluding steroid dienone is 2. The van der Waals surface area contributed by atoms with Crippen molar-refractivity contribution in [3.05, 3.63) is 76.9 Å². The zero-order valence-electron chi connectivity index (χ0n) is 19.6. The molecule has 0 saturated carbocycles. The van der Waals surface area contributed by atoms with Gasteiger partial charge in [-0.1, -0.05) is 54.5 Å². The first-order chi connectivity index (χ1) is 16.0. The standard InChI is InChI=1S/C28H33N3O2/c1-20-16-23(17-26-25(20)18-28(33)30-26)29-27(32)13-9-12-24(22-10-5-3-6-11-22)21(2)19-31-14-7-4-8-15-31/h3,5-6,9-12,16-17H,4,7-8,13-15,18-19H2,1-2H3,(H,29,32)(H,30,33)/b12-9-,24-21-. The third-order valence-corrected chi connectivity index (χ3v) is 6.41. The minimum absolute atomic E-state index is 0.000313. The molecular formula is C28H33N3O2. The van der Waals surface area contributed by atoms with Crippen molar-refractivity contribution < 1.29 is 9.59 Å². The number of hydrogen-bond acceptors (Lipinski definition) is 3. The van der Waals surface area contributed by atoms with E-state index in [4.69, 9.17) is 0 Å². The number of anilines is 2. The van der Waals surface area contributed by atoms with Crippen molar-refractivity contribution in [1.82, 2.24) is 4.90 Å². The summed E-state index contributed by atoms with van der Waals surface area (Å²) >= 11 is 0. The highest BCUT2D eigenvalue weighted by Gasteiger charge is 2.20. The molecule has 0 aromatic heterocycles. The highest BCUT2D eigenvalue weighted by Crippen LogP contribution is 2.30. The van der Waals surface area contributed by atoms with Gasteiger partial charge in [0.15, 0.2) is 0 Å². The largest absolute Gasteiger partial charge is 0.326 e. The molecule has 172 valence electrons. The van der Waals surface area contributed by atoms with Crippen LogP contribution in [0.1, 0.15) is 49.3 Å². The van der Waals surface area contributed by atoms with E-state index in [-0.39, 0.29) is 18.2 Å². The summed E-state index contributed by atoms with van der Waals surface area (Å²) in [5.74, 6) is -0.0734. The topological polar surface area (TPSA) is 61.4 Å². The van der Waals surface area contributed by atoms with Crippen molar-refractivity contribution in [3.63, 3.8) is 0 Å². The fourth-order valence-corrected chi connectivity index (χ4v) is 4.73. The molecule has 0 spiro atoms. The lowest BCUT2D eigenvalue weighted by Gasteiger charge is -2.27. The Bertz CT molecular complexity index is 1080. The molecule has 2 aliphatic rings. The van der Waals surface area contributed by atoms with Crippen molar-refractivity contribution in [3.8, 4) is 0 Å². The molecule has 2 aromatic rings. The van der Waals surface area contributed by atoms with Gasteiger partial charge in [-0.25, -0.2) is 0 Å². The highest BCUT2D eigenvalue weighted by molar-refractivity contribution is 6.01. The third kappa shape index (κ3) is 5.99. The number of likely N-dealkylation sites (tertiary alicyclic amines) is 1. The number of benzene rings is 2. The zero-order valence-corrected chi connectivity index (χ0v) is 19.6. The summed E-state index contributed by atoms with van der Waals surface area (Å²) in [6.45, 7) is 7.44. The molecule has 33 heavy (non-hydrogen) atoms. The number of rotatable bonds is 7. The summed E-state index contributed by atoms with van der Waals surface area (Å²) in [5, 5.41) is 5.83. The van der Waals surface area contributed by atoms with Crippen molar-refractivity contribution in [2.45, 2.75) is 46.0 Å². The Kier molecular flexibility index (Phi) is 7.40. The quantitative estimate of drug-likeness (QED) is 0.568. The molecule has 2 heterocycles. The third-order valence-electron chi connectivity index (χ3n) is 6.41. The second-order valence-corrected chi connectivity index (χ2v) is 9.10. The van der Waals surface area contributed by atoms with Crippen LogP contribution < -0.4 is 10.6 Å². The van der Waals surface area contributed by atoms with Gasteiger partial charge in [-0.3, -0.25) is 14.5 Å². The molecule has 1 saturated heterocycles. The Labute approximate surface area is 196 Å². The number of nitrogens with zero attached hydrogens (tertiary/aromatic N) is 1. The van der Waals surface area contributed by atoms with Gasteiger partial charge in [-0.05, 0) is 74.2 Å². The van der Waals surface area contributed by atoms with Crippen LogP contribution in [0.3, 0.4) is 0 Å². The van der Waals surface area contributed by atoms with Crippen LogP contribution in [0.4, 0.5) is 11.4 Å². The van der Waals surface area contributed by atoms with Gasteiger partial charge in [0.1, 0.15) is 0 Å². The highest BCUT2D eigenvalue weighted by atomic mass is 16.2. The maximum Gasteiger partial charge on any atom is 0.228 e. The predicted octanol–water partition coefficient (Wildman–Crippen LogP) is 5.33. The van der Waals surface area contributed by atoms with E-state index in [9.17, 15) is 9.59 Å². The molecule has 2 N–H and O–H groups in total. The molecule has 5 nitrogen and oxygen atoms in total. The summed E-state index contributed by atoms with van der Waals surface area (Å²) in [6.07, 6.45) is 8.60. The van der Waals surface area contributed by atoms with Gasteiger partial charge in [0.25, 0.3) is 0 Å². The molecule has 4 rings (SSSR count). The van der Waals surface area contributed by atoms with Crippen molar-refractivity contribution in [2.75, 3.05) is 30.3 Å². The lowest BCUT2D eigenvalue weighted by molar-refractivity contribution is -0.116. The first-order valence-corrected chi connectivity index (χ1v) is 11.9. The van der Waals surface area contributed by atoms with Crippen LogP contribution in [0.15, 0.2) is 60.2 Å². The van der Waals surface area contributed by atoms with Gasteiger partial charge >= 0.3 is 0 Å². The summed E-state index contributed by atoms with van der Waals surface area (Å²) in [6, 6.07) is 14.2. The molecule has 1 fully saturated rings. The van der Waals surface area contributed by atoms with E-state index in [0.717, 1.165) is 36.4 Å². The van der Waals surface area contributed by atoms with Crippen LogP contribution in [0.25, 0.3) is 5.57 Å². The number of hydrogen-bond donors (Lipinski definition) is 2. The summed E-state index contributed by atoms with van der Waals surface area (Å²) in [5.41, 5.74) is 7.22. The second-order valence-electron chi connectivity index (χ2n) is 9.10. The van der Waals surface area contributed by atoms with Crippen molar-refractivity contribution in [1.29, 1.82) is 0 Å². The molecule has 5 heteroatoms. The number of nitrogens with one attached hydrogen (secondary N) is 2. The second kappa shape index (κ2) is 10.6. The van der Waals surface area contributed by atoms with Gasteiger partial charge in [-0.15, -0.1) is 0 Å². The minimum atomic E-state index is -0.0731. The first kappa shape index (κ1) is 23.0. The number of piperidine rings is 1. The maximum atomic E-state index is 12.6. The summed E-state index contributed by atoms with van der Waals surface area (Å²) < 4.78 is 0. The zero-order chi connectivity index (χ0) is 23.2. The van der Waals surface area contributed by atoms with E-state index in [1.807, 2.05) is 31.2 Å². The Morgan fingerprint density at radius 2 is 1.88 bits per heavy atom. The van der Waals surface area contributed by atoms with E-state index < -0.39 is 0 Å². The number of carbonyl (C=O) groups excluding carboxylic acids is 2. The van der Waals surface area contributed by atoms with Gasteiger partial charge < -0.3 is 10.6 Å². The first-order valence-electron chi connectivity index (χ1n) is 11.9. The molecular weight excluding hydrogens is 410 g/mol. The van der Waals surface area contributed by atoms with E-state index in [1.54, 1.807) is 0 Å². The van der Waals surface area contributed by atoms with Crippen LogP contribution in [0.2, 0.25) is 0 Å². The van der Waals surface area contributed by atoms with Gasteiger partial charge in [0.05, 0.1) is 6.42 Å². The monoisotopic (exact) mass is 443 g/mol. The minimum Gasteiger partial charge on any atom is -0.326 e. The van der Waals surface area contributed by atoms with E-state index >= 15 is 0 Å². The Hall–Kier alpha value is -3.18. The van der Waals surface area contributed by atoms with Gasteiger partial charge in [0, 0.05) is 24.3 Å². The van der Waals surface area contributed by atoms with E-state index in [1.165, 1.54) is 36.0 Å². The number of aryl methyl sites for hydroxylation is 1. The molecule has 0 bridgehead atoms. The number of carbonyl (C=O) groups is 2. The van der Waals surface area contributed by atoms with Crippen molar-refractivity contribution in [2.24, 2.45) is 0 Å². The van der Waals surface area contributed by atoms with Crippen LogP contribution in [-0.2, 0) is 16.0 Å². The predicted molar refractivity (Wildman–Crippen MR) is 135 cm³/mol. The average molecular weight is 444 g/mol. The Morgan fingerprint density at radius 3 is 2.64 bits per heavy atom. The number of amides is 2. The molecule has 0 radical (unpaired) electrons. The molecule has 0 unspecified atom stereocenters. The van der Waals surface area contributed by atoms with Gasteiger partial charge in [0.2, 0.25) is 11.8 Å². The number of fused-ring (bicyclic) bond motifs is 1. The Balaban J connectivity index is 1.44. The molecule has 2 aliphatic heterocycles. The normalized spacial score (nSPS) is 17.0. The molecule has 0 atom stereocenters. The van der Waals surface area contributed by atoms with Crippen LogP contribution in [-0.4, -0.2) is 36.3 Å². The van der Waals surface area contributed by atoms with Crippen molar-refractivity contribution >= 4 is 28.8 Å². The SMILES string of the molecule is C/C(CN1CCCCC1)=C(\C=C/CC(=O)Nc1cc(C)c2c(c1)NC(=O)C2)c1ccccc1. The lowest BCUT2D eigenvalue weighted by Crippen LogP contribution is -2.31. The summed E-state index contributed by atoms with van der Waals surface area (Å²) in [7, 11) is 0. The molecule has 0 aliphatic carbocycles. The lowest BCUT2D eigenvalue weighted by atomic mass is 9.98.